The molecular weight excluding hydrogens is 176 g/mol. The highest BCUT2D eigenvalue weighted by atomic mass is 16.5. The molecule has 3 nitrogen and oxygen atoms in total. The third-order valence-electron chi connectivity index (χ3n) is 2.82. The lowest BCUT2D eigenvalue weighted by Gasteiger charge is -2.32. The molecule has 1 aromatic rings. The molecule has 0 saturated carbocycles. The molecule has 1 aliphatic heterocycles. The number of benzene rings is 1. The lowest BCUT2D eigenvalue weighted by Crippen LogP contribution is -2.30. The Morgan fingerprint density at radius 1 is 1.50 bits per heavy atom. The predicted octanol–water partition coefficient (Wildman–Crippen LogP) is 1.53. The lowest BCUT2D eigenvalue weighted by atomic mass is 9.96. The topological polar surface area (TPSA) is 38.5 Å². The van der Waals surface area contributed by atoms with Gasteiger partial charge in [-0.25, -0.2) is 0 Å². The van der Waals surface area contributed by atoms with E-state index in [4.69, 9.17) is 10.5 Å². The predicted molar refractivity (Wildman–Crippen MR) is 57.8 cm³/mol. The monoisotopic (exact) mass is 192 g/mol. The molecule has 14 heavy (non-hydrogen) atoms. The van der Waals surface area contributed by atoms with Crippen molar-refractivity contribution in [2.24, 2.45) is 5.73 Å². The number of nitrogens with two attached hydrogens (primary N) is 1. The average molecular weight is 192 g/mol. The number of anilines is 1. The Kier molecular flexibility index (Phi) is 2.33. The second-order valence-electron chi connectivity index (χ2n) is 3.71. The summed E-state index contributed by atoms with van der Waals surface area (Å²) in [7, 11) is 3.78. The van der Waals surface area contributed by atoms with E-state index in [1.54, 1.807) is 7.11 Å². The van der Waals surface area contributed by atoms with Crippen LogP contribution in [0.3, 0.4) is 0 Å². The molecule has 1 atom stereocenters. The molecule has 0 aromatic heterocycles. The molecule has 1 aliphatic rings. The Hall–Kier alpha value is -1.22. The fourth-order valence-electron chi connectivity index (χ4n) is 2.01. The third-order valence-corrected chi connectivity index (χ3v) is 2.82. The molecule has 1 unspecified atom stereocenters. The molecular formula is C11H16N2O. The van der Waals surface area contributed by atoms with Gasteiger partial charge in [0, 0.05) is 30.9 Å². The second kappa shape index (κ2) is 3.50. The molecule has 2 rings (SSSR count). The van der Waals surface area contributed by atoms with Gasteiger partial charge in [-0.05, 0) is 18.6 Å². The summed E-state index contributed by atoms with van der Waals surface area (Å²) in [6.07, 6.45) is 0.990. The maximum absolute atomic E-state index is 6.08. The molecule has 1 heterocycles. The van der Waals surface area contributed by atoms with Crippen molar-refractivity contribution in [1.82, 2.24) is 0 Å². The maximum atomic E-state index is 6.08. The van der Waals surface area contributed by atoms with Crippen molar-refractivity contribution in [2.75, 3.05) is 25.6 Å². The van der Waals surface area contributed by atoms with Crippen molar-refractivity contribution in [3.8, 4) is 5.75 Å². The van der Waals surface area contributed by atoms with Crippen molar-refractivity contribution in [3.05, 3.63) is 23.8 Å². The minimum Gasteiger partial charge on any atom is -0.496 e. The number of hydrogen-bond acceptors (Lipinski definition) is 3. The molecule has 0 spiro atoms. The molecule has 76 valence electrons. The van der Waals surface area contributed by atoms with Gasteiger partial charge in [-0.2, -0.15) is 0 Å². The van der Waals surface area contributed by atoms with Gasteiger partial charge in [0.2, 0.25) is 0 Å². The lowest BCUT2D eigenvalue weighted by molar-refractivity contribution is 0.402. The first-order chi connectivity index (χ1) is 6.74. The highest BCUT2D eigenvalue weighted by molar-refractivity contribution is 5.61. The van der Waals surface area contributed by atoms with Gasteiger partial charge < -0.3 is 15.4 Å². The average Bonchev–Trinajstić information content (AvgIpc) is 2.23. The zero-order valence-corrected chi connectivity index (χ0v) is 8.66. The van der Waals surface area contributed by atoms with E-state index in [2.05, 4.69) is 18.0 Å². The van der Waals surface area contributed by atoms with Crippen LogP contribution in [0.2, 0.25) is 0 Å². The first-order valence-corrected chi connectivity index (χ1v) is 4.87. The number of fused-ring (bicyclic) bond motifs is 1. The van der Waals surface area contributed by atoms with Crippen LogP contribution in [-0.2, 0) is 0 Å². The summed E-state index contributed by atoms with van der Waals surface area (Å²) >= 11 is 0. The largest absolute Gasteiger partial charge is 0.496 e. The molecule has 0 fully saturated rings. The first-order valence-electron chi connectivity index (χ1n) is 4.87. The zero-order chi connectivity index (χ0) is 10.1. The molecule has 3 heteroatoms. The van der Waals surface area contributed by atoms with Gasteiger partial charge in [0.15, 0.2) is 0 Å². The van der Waals surface area contributed by atoms with Crippen LogP contribution < -0.4 is 15.4 Å². The molecule has 0 radical (unpaired) electrons. The van der Waals surface area contributed by atoms with Gasteiger partial charge >= 0.3 is 0 Å². The van der Waals surface area contributed by atoms with Gasteiger partial charge in [0.25, 0.3) is 0 Å². The van der Waals surface area contributed by atoms with Crippen LogP contribution in [0.4, 0.5) is 5.69 Å². The van der Waals surface area contributed by atoms with Crippen LogP contribution in [0.15, 0.2) is 18.2 Å². The Morgan fingerprint density at radius 2 is 2.29 bits per heavy atom. The summed E-state index contributed by atoms with van der Waals surface area (Å²) in [5.74, 6) is 0.904. The van der Waals surface area contributed by atoms with Crippen LogP contribution >= 0.6 is 0 Å². The molecule has 0 bridgehead atoms. The minimum absolute atomic E-state index is 0.109. The summed E-state index contributed by atoms with van der Waals surface area (Å²) in [6.45, 7) is 1.02. The van der Waals surface area contributed by atoms with Crippen molar-refractivity contribution >= 4 is 5.69 Å². The summed E-state index contributed by atoms with van der Waals surface area (Å²) in [6, 6.07) is 6.18. The Bertz CT molecular complexity index is 338. The van der Waals surface area contributed by atoms with E-state index in [0.29, 0.717) is 0 Å². The third kappa shape index (κ3) is 1.34. The number of rotatable bonds is 1. The number of hydrogen-bond donors (Lipinski definition) is 1. The summed E-state index contributed by atoms with van der Waals surface area (Å²) in [4.78, 5) is 2.22. The van der Waals surface area contributed by atoms with Crippen LogP contribution in [0.25, 0.3) is 0 Å². The summed E-state index contributed by atoms with van der Waals surface area (Å²) in [5, 5.41) is 0. The van der Waals surface area contributed by atoms with Gasteiger partial charge in [-0.1, -0.05) is 6.07 Å². The summed E-state index contributed by atoms with van der Waals surface area (Å²) in [5.41, 5.74) is 8.42. The Labute approximate surface area is 84.5 Å². The van der Waals surface area contributed by atoms with E-state index >= 15 is 0 Å². The van der Waals surface area contributed by atoms with Crippen LogP contribution in [-0.4, -0.2) is 20.7 Å². The van der Waals surface area contributed by atoms with Crippen LogP contribution in [0.1, 0.15) is 18.0 Å². The number of methoxy groups -OCH3 is 1. The van der Waals surface area contributed by atoms with E-state index in [1.807, 2.05) is 12.1 Å². The minimum atomic E-state index is 0.109. The van der Waals surface area contributed by atoms with Gasteiger partial charge in [0.05, 0.1) is 7.11 Å². The van der Waals surface area contributed by atoms with E-state index < -0.39 is 0 Å². The Balaban J connectivity index is 2.54. The normalized spacial score (nSPS) is 20.5. The van der Waals surface area contributed by atoms with Crippen molar-refractivity contribution in [3.63, 3.8) is 0 Å². The van der Waals surface area contributed by atoms with E-state index in [-0.39, 0.29) is 6.04 Å². The van der Waals surface area contributed by atoms with Gasteiger partial charge in [0.1, 0.15) is 5.75 Å². The highest BCUT2D eigenvalue weighted by Crippen LogP contribution is 2.37. The smallest absolute Gasteiger partial charge is 0.125 e. The fourth-order valence-corrected chi connectivity index (χ4v) is 2.01. The van der Waals surface area contributed by atoms with E-state index in [1.165, 1.54) is 5.69 Å². The molecule has 0 saturated heterocycles. The highest BCUT2D eigenvalue weighted by Gasteiger charge is 2.23. The van der Waals surface area contributed by atoms with Crippen LogP contribution in [0.5, 0.6) is 5.75 Å². The fraction of sp³-hybridized carbons (Fsp3) is 0.455. The number of ether oxygens (including phenoxy) is 1. The molecule has 2 N–H and O–H groups in total. The van der Waals surface area contributed by atoms with Crippen molar-refractivity contribution < 1.29 is 4.74 Å². The maximum Gasteiger partial charge on any atom is 0.125 e. The SMILES string of the molecule is COc1cccc2c1C(N)CCN2C. The number of nitrogens with zero attached hydrogens (tertiary/aromatic N) is 1. The molecule has 0 amide bonds. The zero-order valence-electron chi connectivity index (χ0n) is 8.66. The van der Waals surface area contributed by atoms with E-state index in [0.717, 1.165) is 24.3 Å². The van der Waals surface area contributed by atoms with E-state index in [9.17, 15) is 0 Å². The molecule has 1 aromatic carbocycles. The standard InChI is InChI=1S/C11H16N2O/c1-13-7-6-8(12)11-9(13)4-3-5-10(11)14-2/h3-5,8H,6-7,12H2,1-2H3. The summed E-state index contributed by atoms with van der Waals surface area (Å²) < 4.78 is 5.32. The second-order valence-corrected chi connectivity index (χ2v) is 3.71. The van der Waals surface area contributed by atoms with Gasteiger partial charge in [-0.15, -0.1) is 0 Å². The Morgan fingerprint density at radius 3 is 3.00 bits per heavy atom. The first kappa shape index (κ1) is 9.34. The van der Waals surface area contributed by atoms with Crippen LogP contribution in [0, 0.1) is 0 Å². The van der Waals surface area contributed by atoms with Crippen molar-refractivity contribution in [2.45, 2.75) is 12.5 Å². The molecule has 0 aliphatic carbocycles. The van der Waals surface area contributed by atoms with Crippen molar-refractivity contribution in [1.29, 1.82) is 0 Å². The quantitative estimate of drug-likeness (QED) is 0.733. The van der Waals surface area contributed by atoms with Gasteiger partial charge in [-0.3, -0.25) is 0 Å².